The molecule has 2 aromatic rings. The Hall–Kier alpha value is -3.17. The number of aryl methyl sites for hydroxylation is 1. The van der Waals surface area contributed by atoms with E-state index in [1.807, 2.05) is 38.1 Å². The highest BCUT2D eigenvalue weighted by Gasteiger charge is 2.18. The standard InChI is InChI=1S/C21H24N4O2/c1-3-12-25(14-20(26)23-18-10-6-4-8-16(18)2)15-21(27)24-19-11-7-5-9-17(19)13-22/h4-11H,3,12,14-15H2,1-2H3,(H,23,26)(H,24,27)/p+1. The van der Waals surface area contributed by atoms with Crippen molar-refractivity contribution in [3.63, 3.8) is 0 Å². The maximum absolute atomic E-state index is 12.4. The maximum Gasteiger partial charge on any atom is 0.279 e. The number of carbonyl (C=O) groups excluding carboxylic acids is 2. The second-order valence-electron chi connectivity index (χ2n) is 6.42. The highest BCUT2D eigenvalue weighted by Crippen LogP contribution is 2.13. The zero-order valence-corrected chi connectivity index (χ0v) is 15.7. The quantitative estimate of drug-likeness (QED) is 0.666. The fourth-order valence-electron chi connectivity index (χ4n) is 2.84. The van der Waals surface area contributed by atoms with Crippen molar-refractivity contribution in [1.82, 2.24) is 0 Å². The Morgan fingerprint density at radius 1 is 0.963 bits per heavy atom. The Labute approximate surface area is 159 Å². The van der Waals surface area contributed by atoms with Gasteiger partial charge in [-0.05, 0) is 37.1 Å². The van der Waals surface area contributed by atoms with Crippen LogP contribution in [0.1, 0.15) is 24.5 Å². The lowest BCUT2D eigenvalue weighted by Gasteiger charge is -2.18. The Morgan fingerprint density at radius 3 is 2.11 bits per heavy atom. The first-order valence-electron chi connectivity index (χ1n) is 9.01. The number of nitriles is 1. The van der Waals surface area contributed by atoms with E-state index in [2.05, 4.69) is 16.7 Å². The Balaban J connectivity index is 1.96. The average Bonchev–Trinajstić information content (AvgIpc) is 2.64. The van der Waals surface area contributed by atoms with Gasteiger partial charge < -0.3 is 15.5 Å². The van der Waals surface area contributed by atoms with Crippen LogP contribution >= 0.6 is 0 Å². The van der Waals surface area contributed by atoms with E-state index in [4.69, 9.17) is 5.26 Å². The minimum atomic E-state index is -0.218. The third kappa shape index (κ3) is 6.24. The fraction of sp³-hybridized carbons (Fsp3) is 0.286. The predicted octanol–water partition coefficient (Wildman–Crippen LogP) is 1.74. The van der Waals surface area contributed by atoms with Crippen molar-refractivity contribution < 1.29 is 14.5 Å². The Kier molecular flexibility index (Phi) is 7.53. The molecule has 0 aliphatic heterocycles. The molecule has 2 aromatic carbocycles. The molecule has 0 saturated heterocycles. The third-order valence-electron chi connectivity index (χ3n) is 4.17. The van der Waals surface area contributed by atoms with E-state index in [0.29, 0.717) is 17.8 Å². The molecule has 0 radical (unpaired) electrons. The van der Waals surface area contributed by atoms with Gasteiger partial charge >= 0.3 is 0 Å². The first kappa shape index (κ1) is 20.1. The van der Waals surface area contributed by atoms with Crippen molar-refractivity contribution in [3.8, 4) is 6.07 Å². The molecule has 0 heterocycles. The van der Waals surface area contributed by atoms with Crippen molar-refractivity contribution in [2.45, 2.75) is 20.3 Å². The first-order valence-corrected chi connectivity index (χ1v) is 9.01. The minimum Gasteiger partial charge on any atom is -0.321 e. The van der Waals surface area contributed by atoms with Crippen LogP contribution in [0.4, 0.5) is 11.4 Å². The van der Waals surface area contributed by atoms with Crippen LogP contribution < -0.4 is 15.5 Å². The topological polar surface area (TPSA) is 86.4 Å². The second kappa shape index (κ2) is 10.1. The molecule has 6 heteroatoms. The maximum atomic E-state index is 12.4. The number of rotatable bonds is 8. The highest BCUT2D eigenvalue weighted by molar-refractivity contribution is 5.94. The van der Waals surface area contributed by atoms with E-state index in [0.717, 1.165) is 22.6 Å². The van der Waals surface area contributed by atoms with Crippen LogP contribution in [0.3, 0.4) is 0 Å². The van der Waals surface area contributed by atoms with Gasteiger partial charge in [-0.25, -0.2) is 0 Å². The van der Waals surface area contributed by atoms with Gasteiger partial charge in [-0.15, -0.1) is 0 Å². The summed E-state index contributed by atoms with van der Waals surface area (Å²) in [4.78, 5) is 25.6. The number of hydrogen-bond acceptors (Lipinski definition) is 3. The largest absolute Gasteiger partial charge is 0.321 e. The van der Waals surface area contributed by atoms with Crippen molar-refractivity contribution in [2.24, 2.45) is 0 Å². The molecular weight excluding hydrogens is 340 g/mol. The molecule has 0 fully saturated rings. The van der Waals surface area contributed by atoms with E-state index < -0.39 is 0 Å². The fourth-order valence-corrected chi connectivity index (χ4v) is 2.84. The van der Waals surface area contributed by atoms with Gasteiger partial charge in [0.05, 0.1) is 17.8 Å². The van der Waals surface area contributed by atoms with E-state index >= 15 is 0 Å². The number of amides is 2. The molecule has 140 valence electrons. The van der Waals surface area contributed by atoms with Crippen LogP contribution in [0.15, 0.2) is 48.5 Å². The van der Waals surface area contributed by atoms with Crippen LogP contribution in [-0.4, -0.2) is 31.4 Å². The van der Waals surface area contributed by atoms with Crippen LogP contribution in [0.2, 0.25) is 0 Å². The molecule has 3 N–H and O–H groups in total. The average molecular weight is 365 g/mol. The van der Waals surface area contributed by atoms with Gasteiger partial charge in [-0.3, -0.25) is 9.59 Å². The normalized spacial score (nSPS) is 11.3. The second-order valence-corrected chi connectivity index (χ2v) is 6.42. The summed E-state index contributed by atoms with van der Waals surface area (Å²) in [7, 11) is 0. The Bertz CT molecular complexity index is 842. The van der Waals surface area contributed by atoms with Crippen molar-refractivity contribution >= 4 is 23.2 Å². The highest BCUT2D eigenvalue weighted by atomic mass is 16.2. The molecule has 2 rings (SSSR count). The molecule has 27 heavy (non-hydrogen) atoms. The molecule has 6 nitrogen and oxygen atoms in total. The number of nitrogens with one attached hydrogen (secondary N) is 3. The molecule has 0 aliphatic carbocycles. The zero-order chi connectivity index (χ0) is 19.6. The number of carbonyl (C=O) groups is 2. The third-order valence-corrected chi connectivity index (χ3v) is 4.17. The summed E-state index contributed by atoms with van der Waals surface area (Å²) >= 11 is 0. The summed E-state index contributed by atoms with van der Waals surface area (Å²) in [5, 5.41) is 14.8. The van der Waals surface area contributed by atoms with Crippen LogP contribution in [0.5, 0.6) is 0 Å². The van der Waals surface area contributed by atoms with Gasteiger partial charge in [0.15, 0.2) is 13.1 Å². The summed E-state index contributed by atoms with van der Waals surface area (Å²) < 4.78 is 0. The van der Waals surface area contributed by atoms with Gasteiger partial charge in [-0.1, -0.05) is 37.3 Å². The number of para-hydroxylation sites is 2. The minimum absolute atomic E-state index is 0.127. The van der Waals surface area contributed by atoms with Crippen molar-refractivity contribution in [1.29, 1.82) is 5.26 Å². The summed E-state index contributed by atoms with van der Waals surface area (Å²) in [6, 6.07) is 16.5. The predicted molar refractivity (Wildman–Crippen MR) is 105 cm³/mol. The monoisotopic (exact) mass is 365 g/mol. The van der Waals surface area contributed by atoms with Gasteiger partial charge in [0.1, 0.15) is 6.07 Å². The summed E-state index contributed by atoms with van der Waals surface area (Å²) in [6.07, 6.45) is 0.856. The van der Waals surface area contributed by atoms with E-state index in [9.17, 15) is 9.59 Å². The van der Waals surface area contributed by atoms with Crippen LogP contribution in [-0.2, 0) is 9.59 Å². The zero-order valence-electron chi connectivity index (χ0n) is 15.7. The number of quaternary nitrogens is 1. The molecule has 0 bridgehead atoms. The SMILES string of the molecule is CCC[NH+](CC(=O)Nc1ccccc1C)CC(=O)Nc1ccccc1C#N. The first-order chi connectivity index (χ1) is 13.0. The number of benzene rings is 2. The molecule has 1 unspecified atom stereocenters. The van der Waals surface area contributed by atoms with Gasteiger partial charge in [0, 0.05) is 5.69 Å². The van der Waals surface area contributed by atoms with E-state index in [1.54, 1.807) is 24.3 Å². The van der Waals surface area contributed by atoms with Gasteiger partial charge in [0.2, 0.25) is 0 Å². The number of hydrogen-bond donors (Lipinski definition) is 3. The molecule has 0 saturated carbocycles. The lowest BCUT2D eigenvalue weighted by atomic mass is 10.2. The van der Waals surface area contributed by atoms with Gasteiger partial charge in [0.25, 0.3) is 11.8 Å². The van der Waals surface area contributed by atoms with Crippen LogP contribution in [0.25, 0.3) is 0 Å². The van der Waals surface area contributed by atoms with Crippen molar-refractivity contribution in [2.75, 3.05) is 30.3 Å². The molecule has 1 atom stereocenters. The number of anilines is 2. The lowest BCUT2D eigenvalue weighted by Crippen LogP contribution is -3.14. The van der Waals surface area contributed by atoms with Crippen LogP contribution in [0, 0.1) is 18.3 Å². The smallest absolute Gasteiger partial charge is 0.279 e. The number of nitrogens with zero attached hydrogens (tertiary/aromatic N) is 1. The van der Waals surface area contributed by atoms with E-state index in [-0.39, 0.29) is 24.9 Å². The molecule has 0 aliphatic rings. The molecule has 0 spiro atoms. The molecule has 0 aromatic heterocycles. The Morgan fingerprint density at radius 2 is 1.52 bits per heavy atom. The summed E-state index contributed by atoms with van der Waals surface area (Å²) in [6.45, 7) is 5.02. The molecular formula is C21H25N4O2+. The summed E-state index contributed by atoms with van der Waals surface area (Å²) in [5.74, 6) is -0.345. The van der Waals surface area contributed by atoms with Crippen molar-refractivity contribution in [3.05, 3.63) is 59.7 Å². The van der Waals surface area contributed by atoms with E-state index in [1.165, 1.54) is 0 Å². The molecule has 2 amide bonds. The lowest BCUT2D eigenvalue weighted by molar-refractivity contribution is -0.883. The van der Waals surface area contributed by atoms with Gasteiger partial charge in [-0.2, -0.15) is 5.26 Å². The summed E-state index contributed by atoms with van der Waals surface area (Å²) in [5.41, 5.74) is 2.69.